The number of carbonyl (C=O) groups excluding carboxylic acids is 3. The molecule has 12 heteroatoms. The minimum atomic E-state index is -3.66. The third-order valence-electron chi connectivity index (χ3n) is 7.49. The van der Waals surface area contributed by atoms with Crippen molar-refractivity contribution in [3.63, 3.8) is 0 Å². The van der Waals surface area contributed by atoms with Crippen molar-refractivity contribution < 1.29 is 22.8 Å². The Labute approximate surface area is 234 Å². The third kappa shape index (κ3) is 6.19. The molecule has 1 atom stereocenters. The zero-order valence-corrected chi connectivity index (χ0v) is 24.5. The van der Waals surface area contributed by atoms with Crippen molar-refractivity contribution in [3.8, 4) is 0 Å². The van der Waals surface area contributed by atoms with E-state index >= 15 is 0 Å². The van der Waals surface area contributed by atoms with Crippen molar-refractivity contribution >= 4 is 44.2 Å². The number of sulfonamides is 1. The van der Waals surface area contributed by atoms with Gasteiger partial charge in [-0.2, -0.15) is 4.31 Å². The lowest BCUT2D eigenvalue weighted by Crippen LogP contribution is -2.43. The van der Waals surface area contributed by atoms with Crippen LogP contribution in [0.4, 0.5) is 9.80 Å². The van der Waals surface area contributed by atoms with Gasteiger partial charge >= 0.3 is 6.03 Å². The number of anilines is 1. The minimum absolute atomic E-state index is 0.0115. The van der Waals surface area contributed by atoms with Gasteiger partial charge in [0, 0.05) is 49.2 Å². The van der Waals surface area contributed by atoms with E-state index in [1.165, 1.54) is 42.6 Å². The van der Waals surface area contributed by atoms with E-state index in [-0.39, 0.29) is 16.5 Å². The summed E-state index contributed by atoms with van der Waals surface area (Å²) in [5.41, 5.74) is 1.40. The topological polar surface area (TPSA) is 128 Å². The Bertz CT molecular complexity index is 1340. The highest BCUT2D eigenvalue weighted by atomic mass is 32.2. The molecule has 4 rings (SSSR count). The molecule has 39 heavy (non-hydrogen) atoms. The predicted molar refractivity (Wildman–Crippen MR) is 152 cm³/mol. The number of rotatable bonds is 7. The van der Waals surface area contributed by atoms with Crippen LogP contribution < -0.4 is 16.0 Å². The molecule has 1 aromatic heterocycles. The Kier molecular flexibility index (Phi) is 9.10. The second kappa shape index (κ2) is 12.2. The number of amides is 4. The number of hydrogen-bond donors (Lipinski definition) is 3. The quantitative estimate of drug-likeness (QED) is 0.461. The lowest BCUT2D eigenvalue weighted by atomic mass is 10.0. The van der Waals surface area contributed by atoms with Crippen molar-refractivity contribution in [1.29, 1.82) is 0 Å². The van der Waals surface area contributed by atoms with Crippen LogP contribution in [0.2, 0.25) is 0 Å². The molecule has 2 aromatic rings. The summed E-state index contributed by atoms with van der Waals surface area (Å²) in [4.78, 5) is 41.6. The fourth-order valence-corrected chi connectivity index (χ4v) is 8.24. The lowest BCUT2D eigenvalue weighted by Gasteiger charge is -2.34. The Morgan fingerprint density at radius 3 is 2.44 bits per heavy atom. The maximum atomic E-state index is 13.3. The first-order chi connectivity index (χ1) is 18.6. The molecule has 1 fully saturated rings. The van der Waals surface area contributed by atoms with Crippen LogP contribution in [-0.4, -0.2) is 67.7 Å². The van der Waals surface area contributed by atoms with Crippen molar-refractivity contribution in [2.45, 2.75) is 76.4 Å². The molecule has 0 spiro atoms. The van der Waals surface area contributed by atoms with Crippen molar-refractivity contribution in [1.82, 2.24) is 19.8 Å². The summed E-state index contributed by atoms with van der Waals surface area (Å²) in [5, 5.41) is 7.91. The van der Waals surface area contributed by atoms with E-state index in [9.17, 15) is 22.8 Å². The molecule has 3 N–H and O–H groups in total. The van der Waals surface area contributed by atoms with Gasteiger partial charge in [-0.1, -0.05) is 13.3 Å². The molecule has 1 saturated heterocycles. The number of urea groups is 1. The van der Waals surface area contributed by atoms with Gasteiger partial charge in [-0.05, 0) is 69.4 Å². The molecule has 0 aliphatic carbocycles. The van der Waals surface area contributed by atoms with Gasteiger partial charge in [-0.25, -0.2) is 13.2 Å². The van der Waals surface area contributed by atoms with E-state index < -0.39 is 27.9 Å². The highest BCUT2D eigenvalue weighted by Crippen LogP contribution is 2.38. The van der Waals surface area contributed by atoms with Gasteiger partial charge in [0.2, 0.25) is 10.0 Å². The molecule has 4 amide bonds. The van der Waals surface area contributed by atoms with Crippen LogP contribution in [0.1, 0.15) is 77.6 Å². The van der Waals surface area contributed by atoms with Gasteiger partial charge in [0.25, 0.3) is 11.8 Å². The van der Waals surface area contributed by atoms with Gasteiger partial charge < -0.3 is 10.6 Å². The molecule has 0 bridgehead atoms. The number of nitrogens with zero attached hydrogens (tertiary/aromatic N) is 2. The standard InChI is InChI=1S/C27H37N5O5S2/c1-5-19-8-6-7-14-32(19)39(36,37)20-11-9-18(10-12-20)24(33)29-26-23(25(34)30-27(35)28-4)21-13-15-31(17(2)3)16-22(21)38-26/h9-12,17,19H,5-8,13-16H2,1-4H3,(H,29,33)(H2,28,30,34,35). The number of nitrogens with one attached hydrogen (secondary N) is 3. The zero-order valence-electron chi connectivity index (χ0n) is 22.9. The number of imide groups is 1. The normalized spacial score (nSPS) is 18.4. The molecule has 2 aliphatic rings. The summed E-state index contributed by atoms with van der Waals surface area (Å²) in [7, 11) is -2.24. The van der Waals surface area contributed by atoms with Crippen LogP contribution in [0.5, 0.6) is 0 Å². The van der Waals surface area contributed by atoms with Gasteiger partial charge in [-0.15, -0.1) is 11.3 Å². The maximum absolute atomic E-state index is 13.3. The first kappa shape index (κ1) is 29.2. The van der Waals surface area contributed by atoms with Crippen LogP contribution >= 0.6 is 11.3 Å². The average molecular weight is 576 g/mol. The van der Waals surface area contributed by atoms with Crippen LogP contribution in [0, 0.1) is 0 Å². The monoisotopic (exact) mass is 575 g/mol. The van der Waals surface area contributed by atoms with Crippen LogP contribution in [-0.2, 0) is 23.0 Å². The average Bonchev–Trinajstić information content (AvgIpc) is 3.29. The van der Waals surface area contributed by atoms with Gasteiger partial charge in [0.05, 0.1) is 10.5 Å². The molecule has 1 aromatic carbocycles. The molecule has 212 valence electrons. The molecule has 0 saturated carbocycles. The van der Waals surface area contributed by atoms with Crippen molar-refractivity contribution in [2.24, 2.45) is 0 Å². The lowest BCUT2D eigenvalue weighted by molar-refractivity contribution is 0.0963. The Morgan fingerprint density at radius 1 is 1.08 bits per heavy atom. The van der Waals surface area contributed by atoms with E-state index in [2.05, 4.69) is 34.7 Å². The number of hydrogen-bond acceptors (Lipinski definition) is 7. The number of fused-ring (bicyclic) bond motifs is 1. The highest BCUT2D eigenvalue weighted by molar-refractivity contribution is 7.89. The fraction of sp³-hybridized carbons (Fsp3) is 0.519. The summed E-state index contributed by atoms with van der Waals surface area (Å²) >= 11 is 1.33. The fourth-order valence-electron chi connectivity index (χ4n) is 5.21. The third-order valence-corrected chi connectivity index (χ3v) is 10.6. The zero-order chi connectivity index (χ0) is 28.3. The molecule has 1 unspecified atom stereocenters. The number of thiophene rings is 1. The van der Waals surface area contributed by atoms with E-state index in [1.54, 1.807) is 4.31 Å². The molecule has 10 nitrogen and oxygen atoms in total. The molecule has 3 heterocycles. The Morgan fingerprint density at radius 2 is 1.79 bits per heavy atom. The van der Waals surface area contributed by atoms with Gasteiger partial charge in [-0.3, -0.25) is 19.8 Å². The Hall–Kier alpha value is -2.80. The maximum Gasteiger partial charge on any atom is 0.321 e. The predicted octanol–water partition coefficient (Wildman–Crippen LogP) is 3.79. The van der Waals surface area contributed by atoms with Crippen LogP contribution in [0.3, 0.4) is 0 Å². The summed E-state index contributed by atoms with van der Waals surface area (Å²) < 4.78 is 28.2. The SMILES string of the molecule is CCC1CCCCN1S(=O)(=O)c1ccc(C(=O)Nc2sc3c(c2C(=O)NC(=O)NC)CCN(C(C)C)C3)cc1. The van der Waals surface area contributed by atoms with Crippen LogP contribution in [0.15, 0.2) is 29.2 Å². The minimum Gasteiger partial charge on any atom is -0.341 e. The van der Waals surface area contributed by atoms with Gasteiger partial charge in [0.1, 0.15) is 5.00 Å². The smallest absolute Gasteiger partial charge is 0.321 e. The molecule has 2 aliphatic heterocycles. The first-order valence-electron chi connectivity index (χ1n) is 13.4. The number of carbonyl (C=O) groups is 3. The first-order valence-corrected chi connectivity index (χ1v) is 15.7. The van der Waals surface area contributed by atoms with E-state index in [0.717, 1.165) is 42.7 Å². The van der Waals surface area contributed by atoms with Crippen molar-refractivity contribution in [2.75, 3.05) is 25.5 Å². The van der Waals surface area contributed by atoms with Crippen molar-refractivity contribution in [3.05, 3.63) is 45.8 Å². The van der Waals surface area contributed by atoms with E-state index in [1.807, 2.05) is 6.92 Å². The second-order valence-electron chi connectivity index (χ2n) is 10.2. The summed E-state index contributed by atoms with van der Waals surface area (Å²) in [5.74, 6) is -1.04. The molecule has 0 radical (unpaired) electrons. The summed E-state index contributed by atoms with van der Waals surface area (Å²) in [6, 6.07) is 5.59. The van der Waals surface area contributed by atoms with Gasteiger partial charge in [0.15, 0.2) is 0 Å². The van der Waals surface area contributed by atoms with E-state index in [0.29, 0.717) is 36.1 Å². The largest absolute Gasteiger partial charge is 0.341 e. The van der Waals surface area contributed by atoms with Crippen LogP contribution in [0.25, 0.3) is 0 Å². The number of benzene rings is 1. The second-order valence-corrected chi connectivity index (χ2v) is 13.2. The number of piperidine rings is 1. The Balaban J connectivity index is 1.58. The highest BCUT2D eigenvalue weighted by Gasteiger charge is 2.33. The molecular weight excluding hydrogens is 538 g/mol. The van der Waals surface area contributed by atoms with E-state index in [4.69, 9.17) is 0 Å². The summed E-state index contributed by atoms with van der Waals surface area (Å²) in [6.07, 6.45) is 4.10. The summed E-state index contributed by atoms with van der Waals surface area (Å²) in [6.45, 7) is 8.13. The molecular formula is C27H37N5O5S2.